The van der Waals surface area contributed by atoms with Gasteiger partial charge in [0.1, 0.15) is 19.8 Å². The lowest BCUT2D eigenvalue weighted by atomic mass is 10.2. The number of benzene rings is 1. The van der Waals surface area contributed by atoms with Crippen molar-refractivity contribution in [2.45, 2.75) is 18.7 Å². The van der Waals surface area contributed by atoms with E-state index in [0.29, 0.717) is 0 Å². The first-order chi connectivity index (χ1) is 13.1. The Bertz CT molecular complexity index is 803. The highest BCUT2D eigenvalue weighted by Crippen LogP contribution is 2.21. The van der Waals surface area contributed by atoms with Crippen LogP contribution in [0.4, 0.5) is 8.78 Å². The Morgan fingerprint density at radius 3 is 2.00 bits per heavy atom. The maximum atomic E-state index is 12.5. The van der Waals surface area contributed by atoms with Gasteiger partial charge in [0.2, 0.25) is 0 Å². The summed E-state index contributed by atoms with van der Waals surface area (Å²) >= 11 is 0. The Hall–Kier alpha value is -2.37. The molecule has 164 valence electrons. The molecule has 0 amide bonds. The molecule has 0 unspecified atom stereocenters. The van der Waals surface area contributed by atoms with Crippen LogP contribution in [-0.4, -0.2) is 69.0 Å². The highest BCUT2D eigenvalue weighted by molar-refractivity contribution is 7.87. The second-order valence-electron chi connectivity index (χ2n) is 6.96. The predicted octanol–water partition coefficient (Wildman–Crippen LogP) is 1.68. The lowest BCUT2D eigenvalue weighted by Crippen LogP contribution is -2.39. The number of hydrogen-bond acceptors (Lipinski definition) is 7. The van der Waals surface area contributed by atoms with Crippen LogP contribution >= 0.6 is 0 Å². The summed E-state index contributed by atoms with van der Waals surface area (Å²) in [5, 5.41) is -5.18. The second kappa shape index (κ2) is 11.0. The third-order valence-corrected chi connectivity index (χ3v) is 3.74. The van der Waals surface area contributed by atoms with Crippen LogP contribution in [0, 0.1) is 0 Å². The fourth-order valence-corrected chi connectivity index (χ4v) is 1.97. The molecule has 0 atom stereocenters. The van der Waals surface area contributed by atoms with Crippen molar-refractivity contribution in [1.82, 2.24) is 0 Å². The third-order valence-electron chi connectivity index (χ3n) is 2.95. The molecule has 0 aliphatic rings. The minimum atomic E-state index is -6.15. The van der Waals surface area contributed by atoms with Crippen LogP contribution in [0.1, 0.15) is 12.5 Å². The number of carbonyl (C=O) groups excluding carboxylic acids is 2. The average molecular weight is 437 g/mol. The van der Waals surface area contributed by atoms with E-state index in [9.17, 15) is 31.3 Å². The molecule has 11 heteroatoms. The van der Waals surface area contributed by atoms with Gasteiger partial charge in [-0.3, -0.25) is 0 Å². The van der Waals surface area contributed by atoms with E-state index < -0.39 is 40.5 Å². The van der Waals surface area contributed by atoms with Gasteiger partial charge < -0.3 is 18.5 Å². The van der Waals surface area contributed by atoms with Crippen LogP contribution in [-0.2, 0) is 35.7 Å². The monoisotopic (exact) mass is 437 g/mol. The summed E-state index contributed by atoms with van der Waals surface area (Å²) in [6, 6.07) is 10.6. The van der Waals surface area contributed by atoms with Crippen LogP contribution in [0.15, 0.2) is 42.5 Å². The molecule has 1 aromatic carbocycles. The third kappa shape index (κ3) is 10.7. The highest BCUT2D eigenvalue weighted by Gasteiger charge is 2.48. The molecule has 0 aromatic heterocycles. The first-order valence-corrected chi connectivity index (χ1v) is 9.66. The second-order valence-corrected chi connectivity index (χ2v) is 8.38. The Morgan fingerprint density at radius 2 is 1.59 bits per heavy atom. The maximum absolute atomic E-state index is 12.5. The molecule has 0 aliphatic carbocycles. The minimum absolute atomic E-state index is 0.0359. The lowest BCUT2D eigenvalue weighted by molar-refractivity contribution is -0.884. The molecule has 1 aromatic rings. The van der Waals surface area contributed by atoms with Crippen molar-refractivity contribution in [3.63, 3.8) is 0 Å². The fraction of sp³-hybridized carbons (Fsp3) is 0.444. The van der Waals surface area contributed by atoms with Crippen LogP contribution in [0.5, 0.6) is 0 Å². The summed E-state index contributed by atoms with van der Waals surface area (Å²) in [4.78, 5) is 21.4. The van der Waals surface area contributed by atoms with E-state index in [1.54, 1.807) is 0 Å². The first kappa shape index (κ1) is 26.6. The zero-order valence-corrected chi connectivity index (χ0v) is 17.5. The average Bonchev–Trinajstić information content (AvgIpc) is 2.57. The summed E-state index contributed by atoms with van der Waals surface area (Å²) in [6.07, 6.45) is 0. The highest BCUT2D eigenvalue weighted by atomic mass is 32.2. The molecule has 0 saturated carbocycles. The molecule has 0 spiro atoms. The number of ether oxygens (including phenoxy) is 2. The standard InChI is InChI=1S/C10H16N.C8H10F2O7S/c1-11(2,3)9-10-7-5-4-6-8-10;1-5(2)6(11)16-3-4-17-7(12)8(9,10)18(13,14)15/h4-8H,9H2,1-3H3;1,3-4H2,2H3,(H,13,14,15)/q+1;/p-1. The Kier molecular flexibility index (Phi) is 10.1. The van der Waals surface area contributed by atoms with Gasteiger partial charge in [0, 0.05) is 11.1 Å². The number of halogens is 2. The van der Waals surface area contributed by atoms with Crippen molar-refractivity contribution in [1.29, 1.82) is 0 Å². The predicted molar refractivity (Wildman–Crippen MR) is 99.6 cm³/mol. The zero-order chi connectivity index (χ0) is 22.9. The van der Waals surface area contributed by atoms with Gasteiger partial charge in [-0.1, -0.05) is 36.9 Å². The van der Waals surface area contributed by atoms with Gasteiger partial charge in [-0.15, -0.1) is 0 Å². The van der Waals surface area contributed by atoms with E-state index in [1.807, 2.05) is 0 Å². The van der Waals surface area contributed by atoms with Gasteiger partial charge in [0.05, 0.1) is 21.1 Å². The molecular formula is C18H25F2NO7S. The van der Waals surface area contributed by atoms with Crippen molar-refractivity contribution in [3.8, 4) is 0 Å². The van der Waals surface area contributed by atoms with Crippen molar-refractivity contribution in [3.05, 3.63) is 48.0 Å². The molecule has 0 heterocycles. The van der Waals surface area contributed by atoms with Crippen molar-refractivity contribution in [2.24, 2.45) is 0 Å². The lowest BCUT2D eigenvalue weighted by Gasteiger charge is -2.23. The molecule has 0 aliphatic heterocycles. The molecular weight excluding hydrogens is 412 g/mol. The van der Waals surface area contributed by atoms with Crippen molar-refractivity contribution >= 4 is 22.1 Å². The molecule has 0 bridgehead atoms. The number of hydrogen-bond donors (Lipinski definition) is 0. The van der Waals surface area contributed by atoms with E-state index in [4.69, 9.17) is 0 Å². The van der Waals surface area contributed by atoms with Gasteiger partial charge in [-0.2, -0.15) is 8.78 Å². The molecule has 0 N–H and O–H groups in total. The quantitative estimate of drug-likeness (QED) is 0.200. The molecule has 0 saturated heterocycles. The topological polar surface area (TPSA) is 110 Å². The minimum Gasteiger partial charge on any atom is -0.743 e. The number of nitrogens with zero attached hydrogens (tertiary/aromatic N) is 1. The van der Waals surface area contributed by atoms with Gasteiger partial charge >= 0.3 is 17.2 Å². The van der Waals surface area contributed by atoms with E-state index in [-0.39, 0.29) is 5.57 Å². The Balaban J connectivity index is 0.000000604. The fourth-order valence-electron chi connectivity index (χ4n) is 1.71. The smallest absolute Gasteiger partial charge is 0.428 e. The van der Waals surface area contributed by atoms with Crippen LogP contribution in [0.2, 0.25) is 0 Å². The molecule has 0 fully saturated rings. The van der Waals surface area contributed by atoms with Gasteiger partial charge in [-0.05, 0) is 6.92 Å². The van der Waals surface area contributed by atoms with Gasteiger partial charge in [0.25, 0.3) is 0 Å². The normalized spacial score (nSPS) is 11.7. The van der Waals surface area contributed by atoms with E-state index >= 15 is 0 Å². The number of esters is 2. The Morgan fingerprint density at radius 1 is 1.10 bits per heavy atom. The first-order valence-electron chi connectivity index (χ1n) is 8.25. The maximum Gasteiger partial charge on any atom is 0.428 e. The SMILES string of the molecule is C=C(C)C(=O)OCCOC(=O)C(F)(F)S(=O)(=O)[O-].C[N+](C)(C)Cc1ccccc1. The van der Waals surface area contributed by atoms with Crippen LogP contribution in [0.3, 0.4) is 0 Å². The van der Waals surface area contributed by atoms with Gasteiger partial charge in [0.15, 0.2) is 10.1 Å². The number of alkyl halides is 2. The summed E-state index contributed by atoms with van der Waals surface area (Å²) in [5.74, 6) is -3.36. The van der Waals surface area contributed by atoms with Crippen molar-refractivity contribution in [2.75, 3.05) is 34.4 Å². The Labute approximate surface area is 169 Å². The summed E-state index contributed by atoms with van der Waals surface area (Å²) in [6.45, 7) is 4.25. The molecule has 0 radical (unpaired) electrons. The molecule has 1 rings (SSSR count). The largest absolute Gasteiger partial charge is 0.743 e. The summed E-state index contributed by atoms with van der Waals surface area (Å²) in [7, 11) is 0.456. The van der Waals surface area contributed by atoms with Crippen molar-refractivity contribution < 1.29 is 45.3 Å². The van der Waals surface area contributed by atoms with Crippen LogP contribution < -0.4 is 0 Å². The van der Waals surface area contributed by atoms with Crippen LogP contribution in [0.25, 0.3) is 0 Å². The number of rotatable bonds is 8. The molecule has 29 heavy (non-hydrogen) atoms. The summed E-state index contributed by atoms with van der Waals surface area (Å²) in [5.41, 5.74) is 1.44. The van der Waals surface area contributed by atoms with E-state index in [0.717, 1.165) is 11.0 Å². The van der Waals surface area contributed by atoms with Gasteiger partial charge in [-0.25, -0.2) is 18.0 Å². The van der Waals surface area contributed by atoms with E-state index in [1.165, 1.54) is 12.5 Å². The molecule has 8 nitrogen and oxygen atoms in total. The summed E-state index contributed by atoms with van der Waals surface area (Å²) < 4.78 is 64.3. The zero-order valence-electron chi connectivity index (χ0n) is 16.7. The van der Waals surface area contributed by atoms with E-state index in [2.05, 4.69) is 67.5 Å². The number of carbonyl (C=O) groups is 2. The number of quaternary nitrogens is 1.